The summed E-state index contributed by atoms with van der Waals surface area (Å²) in [6, 6.07) is 11.5. The number of carbonyl (C=O) groups is 2. The van der Waals surface area contributed by atoms with E-state index in [1.54, 1.807) is 64.1 Å². The van der Waals surface area contributed by atoms with E-state index in [9.17, 15) is 33.3 Å². The molecule has 1 amide bonds. The van der Waals surface area contributed by atoms with Gasteiger partial charge in [0.05, 0.1) is 30.8 Å². The van der Waals surface area contributed by atoms with Gasteiger partial charge in [0.15, 0.2) is 0 Å². The van der Waals surface area contributed by atoms with Gasteiger partial charge < -0.3 is 34.8 Å². The molecule has 14 heteroatoms. The molecule has 4 unspecified atom stereocenters. The van der Waals surface area contributed by atoms with Gasteiger partial charge in [0.2, 0.25) is 4.93 Å². The first-order valence-electron chi connectivity index (χ1n) is 13.5. The number of esters is 1. The van der Waals surface area contributed by atoms with Gasteiger partial charge in [-0.1, -0.05) is 47.2 Å². The quantitative estimate of drug-likeness (QED) is 0.220. The average Bonchev–Trinajstić information content (AvgIpc) is 2.92. The number of aliphatic hydroxyl groups is 3. The Kier molecular flexibility index (Phi) is 11.3. The van der Waals surface area contributed by atoms with Crippen molar-refractivity contribution in [1.82, 2.24) is 5.32 Å². The Bertz CT molecular complexity index is 1360. The van der Waals surface area contributed by atoms with E-state index >= 15 is 0 Å². The second kappa shape index (κ2) is 13.9. The molecule has 43 heavy (non-hydrogen) atoms. The molecule has 0 bridgehead atoms. The second-order valence-electron chi connectivity index (χ2n) is 11.3. The Hall–Kier alpha value is -2.72. The maximum Gasteiger partial charge on any atom is 0.408 e. The van der Waals surface area contributed by atoms with Crippen LogP contribution < -0.4 is 5.32 Å². The van der Waals surface area contributed by atoms with Crippen LogP contribution in [0.4, 0.5) is 4.79 Å². The highest BCUT2D eigenvalue weighted by Crippen LogP contribution is 2.44. The highest BCUT2D eigenvalue weighted by molar-refractivity contribution is 8.01. The molecular weight excluding hydrogens is 602 g/mol. The van der Waals surface area contributed by atoms with Crippen LogP contribution >= 0.6 is 11.8 Å². The zero-order chi connectivity index (χ0) is 32.2. The summed E-state index contributed by atoms with van der Waals surface area (Å²) in [5, 5.41) is 35.8. The first-order chi connectivity index (χ1) is 20.0. The van der Waals surface area contributed by atoms with Crippen LogP contribution in [0.1, 0.15) is 38.3 Å². The monoisotopic (exact) mass is 641 g/mol. The molecule has 1 aliphatic rings. The van der Waals surface area contributed by atoms with Crippen molar-refractivity contribution in [3.63, 3.8) is 0 Å². The molecule has 1 fully saturated rings. The summed E-state index contributed by atoms with van der Waals surface area (Å²) in [6.07, 6.45) is -8.38. The maximum absolute atomic E-state index is 13.2. The molecule has 238 valence electrons. The lowest BCUT2D eigenvalue weighted by molar-refractivity contribution is -0.205. The largest absolute Gasteiger partial charge is 0.466 e. The molecule has 0 aliphatic carbocycles. The van der Waals surface area contributed by atoms with Crippen molar-refractivity contribution in [3.8, 4) is 0 Å². The van der Waals surface area contributed by atoms with Gasteiger partial charge in [-0.2, -0.15) is 8.42 Å². The van der Waals surface area contributed by atoms with E-state index in [0.29, 0.717) is 4.90 Å². The lowest BCUT2D eigenvalue weighted by Gasteiger charge is -2.47. The van der Waals surface area contributed by atoms with Crippen molar-refractivity contribution in [3.05, 3.63) is 59.7 Å². The van der Waals surface area contributed by atoms with Gasteiger partial charge in [-0.05, 0) is 58.9 Å². The summed E-state index contributed by atoms with van der Waals surface area (Å²) in [5.74, 6) is -0.891. The van der Waals surface area contributed by atoms with Crippen molar-refractivity contribution < 1.29 is 51.7 Å². The van der Waals surface area contributed by atoms with Crippen molar-refractivity contribution in [2.24, 2.45) is 0 Å². The first-order valence-corrected chi connectivity index (χ1v) is 15.7. The Morgan fingerprint density at radius 2 is 1.63 bits per heavy atom. The van der Waals surface area contributed by atoms with E-state index < -0.39 is 69.8 Å². The predicted octanol–water partition coefficient (Wildman–Crippen LogP) is 2.44. The number of methoxy groups -OCH3 is 1. The minimum Gasteiger partial charge on any atom is -0.466 e. The third-order valence-corrected chi connectivity index (χ3v) is 9.05. The fourth-order valence-electron chi connectivity index (χ4n) is 4.31. The Morgan fingerprint density at radius 1 is 1.07 bits per heavy atom. The van der Waals surface area contributed by atoms with Crippen LogP contribution in [0.25, 0.3) is 0 Å². The van der Waals surface area contributed by atoms with E-state index in [1.807, 2.05) is 6.92 Å². The van der Waals surface area contributed by atoms with E-state index in [2.05, 4.69) is 5.32 Å². The van der Waals surface area contributed by atoms with Gasteiger partial charge in [0.1, 0.15) is 23.9 Å². The molecule has 0 spiro atoms. The standard InChI is InChI=1S/C29H39NO11S2/c1-17-7-11-19(12-8-17)42-29(26(34)38-6)15-21(31)23(30-27(35)41-28(3,4)5)25(40-29)24(33)22(32)16-39-43(36,37)20-13-9-18(2)10-14-20/h7-14,21-25,31-33H,15-16H2,1-6H3,(H,30,35)/t21?,22-,23?,24-,25?,29?/m1/s1. The number of rotatable bonds is 10. The molecule has 6 atom stereocenters. The predicted molar refractivity (Wildman–Crippen MR) is 157 cm³/mol. The van der Waals surface area contributed by atoms with E-state index in [1.165, 1.54) is 12.1 Å². The molecule has 4 N–H and O–H groups in total. The fraction of sp³-hybridized carbons (Fsp3) is 0.517. The van der Waals surface area contributed by atoms with Crippen molar-refractivity contribution in [2.45, 2.75) is 91.8 Å². The lowest BCUT2D eigenvalue weighted by Crippen LogP contribution is -2.67. The van der Waals surface area contributed by atoms with Gasteiger partial charge in [-0.3, -0.25) is 4.18 Å². The number of alkyl carbamates (subject to hydrolysis) is 1. The Morgan fingerprint density at radius 3 is 2.16 bits per heavy atom. The summed E-state index contributed by atoms with van der Waals surface area (Å²) in [5.41, 5.74) is 0.871. The maximum atomic E-state index is 13.2. The molecule has 1 aliphatic heterocycles. The van der Waals surface area contributed by atoms with Crippen LogP contribution in [0.3, 0.4) is 0 Å². The van der Waals surface area contributed by atoms with Crippen LogP contribution in [0.2, 0.25) is 0 Å². The molecule has 1 saturated heterocycles. The van der Waals surface area contributed by atoms with Gasteiger partial charge >= 0.3 is 12.1 Å². The highest BCUT2D eigenvalue weighted by Gasteiger charge is 2.56. The molecule has 3 rings (SSSR count). The number of carbonyl (C=O) groups excluding carboxylic acids is 2. The van der Waals surface area contributed by atoms with E-state index in [0.717, 1.165) is 30.0 Å². The minimum atomic E-state index is -4.31. The average molecular weight is 642 g/mol. The lowest BCUT2D eigenvalue weighted by atomic mass is 9.90. The van der Waals surface area contributed by atoms with Crippen LogP contribution in [0.5, 0.6) is 0 Å². The number of hydrogen-bond donors (Lipinski definition) is 4. The summed E-state index contributed by atoms with van der Waals surface area (Å²) >= 11 is 0.916. The third kappa shape index (κ3) is 9.14. The molecule has 1 heterocycles. The highest BCUT2D eigenvalue weighted by atomic mass is 32.2. The summed E-state index contributed by atoms with van der Waals surface area (Å²) in [4.78, 5) is 24.3. The number of aliphatic hydroxyl groups excluding tert-OH is 3. The normalized spacial score (nSPS) is 24.1. The van der Waals surface area contributed by atoms with E-state index in [4.69, 9.17) is 18.4 Å². The molecule has 0 radical (unpaired) electrons. The summed E-state index contributed by atoms with van der Waals surface area (Å²) in [6.45, 7) is 7.65. The number of nitrogens with one attached hydrogen (secondary N) is 1. The van der Waals surface area contributed by atoms with Crippen LogP contribution in [0, 0.1) is 13.8 Å². The van der Waals surface area contributed by atoms with Gasteiger partial charge in [0, 0.05) is 11.3 Å². The molecule has 0 saturated carbocycles. The number of ether oxygens (including phenoxy) is 3. The first kappa shape index (κ1) is 34.8. The minimum absolute atomic E-state index is 0.159. The zero-order valence-electron chi connectivity index (χ0n) is 24.8. The van der Waals surface area contributed by atoms with Gasteiger partial charge in [-0.15, -0.1) is 0 Å². The second-order valence-corrected chi connectivity index (χ2v) is 14.2. The van der Waals surface area contributed by atoms with E-state index in [-0.39, 0.29) is 11.3 Å². The van der Waals surface area contributed by atoms with Gasteiger partial charge in [0.25, 0.3) is 10.1 Å². The summed E-state index contributed by atoms with van der Waals surface area (Å²) < 4.78 is 46.8. The number of benzene rings is 2. The third-order valence-electron chi connectivity index (χ3n) is 6.49. The molecule has 12 nitrogen and oxygen atoms in total. The Balaban J connectivity index is 1.92. The van der Waals surface area contributed by atoms with Crippen LogP contribution in [-0.4, -0.2) is 90.5 Å². The SMILES string of the molecule is COC(=O)C1(Sc2ccc(C)cc2)CC(O)C(NC(=O)OC(C)(C)C)C([C@H](O)[C@H](O)COS(=O)(=O)c2ccc(C)cc2)O1. The summed E-state index contributed by atoms with van der Waals surface area (Å²) in [7, 11) is -3.18. The Labute approximate surface area is 255 Å². The molecule has 2 aromatic rings. The number of hydrogen-bond acceptors (Lipinski definition) is 12. The molecule has 2 aromatic carbocycles. The van der Waals surface area contributed by atoms with Crippen molar-refractivity contribution >= 4 is 33.9 Å². The number of thioether (sulfide) groups is 1. The topological polar surface area (TPSA) is 178 Å². The van der Waals surface area contributed by atoms with Crippen LogP contribution in [0.15, 0.2) is 58.3 Å². The van der Waals surface area contributed by atoms with Crippen molar-refractivity contribution in [2.75, 3.05) is 13.7 Å². The van der Waals surface area contributed by atoms with Gasteiger partial charge in [-0.25, -0.2) is 9.59 Å². The smallest absolute Gasteiger partial charge is 0.408 e. The number of amides is 1. The molecule has 0 aromatic heterocycles. The van der Waals surface area contributed by atoms with Crippen molar-refractivity contribution in [1.29, 1.82) is 0 Å². The fourth-order valence-corrected chi connectivity index (χ4v) is 6.46. The number of aryl methyl sites for hydroxylation is 2. The zero-order valence-corrected chi connectivity index (χ0v) is 26.5. The van der Waals surface area contributed by atoms with Crippen LogP contribution in [-0.2, 0) is 33.3 Å². The molecular formula is C29H39NO11S2.